The molecule has 79 heavy (non-hydrogen) atoms. The minimum Gasteiger partial charge on any atom is -0.545 e. The Hall–Kier alpha value is -3.79. The van der Waals surface area contributed by atoms with Crippen LogP contribution in [0.3, 0.4) is 0 Å². The maximum absolute atomic E-state index is 12.9. The molecule has 0 N–H and O–H groups in total. The van der Waals surface area contributed by atoms with Crippen LogP contribution in [-0.4, -0.2) is 82.3 Å². The normalized spacial score (nSPS) is 13.4. The van der Waals surface area contributed by atoms with Crippen molar-refractivity contribution in [3.8, 4) is 0 Å². The molecule has 0 rings (SSSR count). The summed E-state index contributed by atoms with van der Waals surface area (Å²) in [6.45, 7) is 4.58. The van der Waals surface area contributed by atoms with E-state index in [2.05, 4.69) is 111 Å². The van der Waals surface area contributed by atoms with Crippen molar-refractivity contribution in [3.05, 3.63) is 97.2 Å². The second-order valence-corrected chi connectivity index (χ2v) is 22.7. The Labute approximate surface area is 486 Å². The van der Waals surface area contributed by atoms with Gasteiger partial charge in [0.25, 0.3) is 0 Å². The predicted octanol–water partition coefficient (Wildman–Crippen LogP) is 18.4. The molecule has 0 aromatic carbocycles. The molecule has 0 heterocycles. The predicted molar refractivity (Wildman–Crippen MR) is 334 cm³/mol. The summed E-state index contributed by atoms with van der Waals surface area (Å²) in [5.74, 6) is -2.34. The smallest absolute Gasteiger partial charge is 0.306 e. The monoisotopic (exact) mass is 1100 g/mol. The van der Waals surface area contributed by atoms with Gasteiger partial charge in [0.15, 0.2) is 12.4 Å². The lowest BCUT2D eigenvalue weighted by Gasteiger charge is -2.26. The van der Waals surface area contributed by atoms with Crippen molar-refractivity contribution in [3.63, 3.8) is 0 Å². The standard InChI is InChI=1S/C70H121NO8/c1-6-8-10-12-14-16-18-20-22-24-26-28-29-30-31-32-33-34-35-36-37-38-39-41-42-44-46-48-50-52-54-56-58-60-67(72)77-64-66(65-78-70(69(74)75)76-63-62-71(3,4)5)79-68(73)61-59-57-55-53-51-49-47-45-43-40-27-25-23-21-19-17-15-13-11-9-7-2/h9,11,15,17-18,20-21,23-24,26-27,40,45,47,51,53,66,70H,6-8,10,12-14,16,19,22,25,28-39,41-44,46,48-50,52,54-65H2,1-5H3/b11-9-,17-15-,20-18-,23-21-,26-24-,40-27-,47-45-,53-51-. The highest BCUT2D eigenvalue weighted by molar-refractivity contribution is 5.70. The van der Waals surface area contributed by atoms with Gasteiger partial charge in [-0.1, -0.05) is 259 Å². The van der Waals surface area contributed by atoms with E-state index in [1.165, 1.54) is 161 Å². The van der Waals surface area contributed by atoms with E-state index in [9.17, 15) is 19.5 Å². The van der Waals surface area contributed by atoms with E-state index in [0.29, 0.717) is 17.4 Å². The first kappa shape index (κ1) is 75.2. The van der Waals surface area contributed by atoms with E-state index < -0.39 is 24.3 Å². The number of unbranched alkanes of at least 4 members (excludes halogenated alkanes) is 28. The van der Waals surface area contributed by atoms with Crippen LogP contribution in [0.2, 0.25) is 0 Å². The molecule has 0 fully saturated rings. The third-order valence-corrected chi connectivity index (χ3v) is 13.8. The topological polar surface area (TPSA) is 111 Å². The van der Waals surface area contributed by atoms with Gasteiger partial charge in [0.2, 0.25) is 0 Å². The number of rotatable bonds is 59. The van der Waals surface area contributed by atoms with Crippen LogP contribution in [0.25, 0.3) is 0 Å². The third kappa shape index (κ3) is 61.7. The highest BCUT2D eigenvalue weighted by Gasteiger charge is 2.22. The summed E-state index contributed by atoms with van der Waals surface area (Å²) in [5.41, 5.74) is 0. The zero-order valence-electron chi connectivity index (χ0n) is 51.7. The van der Waals surface area contributed by atoms with Crippen LogP contribution in [0, 0.1) is 0 Å². The van der Waals surface area contributed by atoms with E-state index in [0.717, 1.165) is 77.0 Å². The summed E-state index contributed by atoms with van der Waals surface area (Å²) in [6.07, 6.45) is 79.2. The van der Waals surface area contributed by atoms with Gasteiger partial charge in [-0.2, -0.15) is 0 Å². The molecule has 2 unspecified atom stereocenters. The number of carboxylic acids is 1. The van der Waals surface area contributed by atoms with Gasteiger partial charge in [-0.25, -0.2) is 0 Å². The van der Waals surface area contributed by atoms with E-state index in [4.69, 9.17) is 18.9 Å². The number of carbonyl (C=O) groups excluding carboxylic acids is 3. The third-order valence-electron chi connectivity index (χ3n) is 13.8. The number of hydrogen-bond acceptors (Lipinski definition) is 8. The summed E-state index contributed by atoms with van der Waals surface area (Å²) in [6, 6.07) is 0. The van der Waals surface area contributed by atoms with Crippen molar-refractivity contribution in [2.75, 3.05) is 47.5 Å². The van der Waals surface area contributed by atoms with Gasteiger partial charge in [0.1, 0.15) is 13.2 Å². The quantitative estimate of drug-likeness (QED) is 0.0195. The molecule has 9 heteroatoms. The Morgan fingerprint density at radius 2 is 0.722 bits per heavy atom. The molecular formula is C70H121NO8. The van der Waals surface area contributed by atoms with Crippen LogP contribution in [0.1, 0.15) is 271 Å². The number of allylic oxidation sites excluding steroid dienone is 16. The van der Waals surface area contributed by atoms with Gasteiger partial charge in [-0.15, -0.1) is 0 Å². The average Bonchev–Trinajstić information content (AvgIpc) is 3.42. The Morgan fingerprint density at radius 3 is 1.10 bits per heavy atom. The summed E-state index contributed by atoms with van der Waals surface area (Å²) in [7, 11) is 5.91. The van der Waals surface area contributed by atoms with Crippen LogP contribution in [-0.2, 0) is 33.3 Å². The number of ether oxygens (including phenoxy) is 4. The van der Waals surface area contributed by atoms with Crippen molar-refractivity contribution in [2.45, 2.75) is 283 Å². The van der Waals surface area contributed by atoms with Gasteiger partial charge >= 0.3 is 11.9 Å². The second-order valence-electron chi connectivity index (χ2n) is 22.7. The first-order valence-electron chi connectivity index (χ1n) is 32.4. The highest BCUT2D eigenvalue weighted by Crippen LogP contribution is 2.17. The van der Waals surface area contributed by atoms with Crippen molar-refractivity contribution in [2.24, 2.45) is 0 Å². The fraction of sp³-hybridized carbons (Fsp3) is 0.729. The molecule has 0 radical (unpaired) electrons. The minimum atomic E-state index is -1.64. The van der Waals surface area contributed by atoms with Gasteiger partial charge in [0, 0.05) is 12.8 Å². The Kier molecular flexibility index (Phi) is 57.4. The Balaban J connectivity index is 4.15. The van der Waals surface area contributed by atoms with Gasteiger partial charge in [-0.05, 0) is 96.3 Å². The molecule has 0 spiro atoms. The van der Waals surface area contributed by atoms with Crippen LogP contribution in [0.5, 0.6) is 0 Å². The first-order chi connectivity index (χ1) is 38.6. The SMILES string of the molecule is CC/C=C\C/C=C\C/C=C\C/C=C\C/C=C\C/C=C\CCCCC(=O)OC(COC(=O)CCCCCCCCCCCCCCCCCCCCCCC/C=C\C/C=C\CCCCCCC)COC(OCC[N+](C)(C)C)C(=O)[O-]. The molecule has 9 nitrogen and oxygen atoms in total. The minimum absolute atomic E-state index is 0.135. The second kappa shape index (κ2) is 60.3. The molecule has 0 aliphatic carbocycles. The molecule has 2 atom stereocenters. The lowest BCUT2D eigenvalue weighted by Crippen LogP contribution is -2.44. The largest absolute Gasteiger partial charge is 0.545 e. The number of quaternary nitrogens is 1. The number of esters is 2. The van der Waals surface area contributed by atoms with Crippen LogP contribution in [0.15, 0.2) is 97.2 Å². The van der Waals surface area contributed by atoms with E-state index >= 15 is 0 Å². The lowest BCUT2D eigenvalue weighted by atomic mass is 10.0. The molecule has 0 amide bonds. The van der Waals surface area contributed by atoms with Crippen molar-refractivity contribution in [1.29, 1.82) is 0 Å². The average molecular weight is 1100 g/mol. The number of carbonyl (C=O) groups is 3. The van der Waals surface area contributed by atoms with Gasteiger partial charge in [-0.3, -0.25) is 9.59 Å². The zero-order chi connectivity index (χ0) is 57.6. The van der Waals surface area contributed by atoms with E-state index in [-0.39, 0.29) is 38.6 Å². The molecular weight excluding hydrogens is 983 g/mol. The first-order valence-corrected chi connectivity index (χ1v) is 32.4. The molecule has 0 aliphatic rings. The molecule has 0 saturated heterocycles. The molecule has 0 bridgehead atoms. The van der Waals surface area contributed by atoms with Crippen molar-refractivity contribution < 1.29 is 42.9 Å². The maximum atomic E-state index is 12.9. The molecule has 0 saturated carbocycles. The Bertz CT molecular complexity index is 1620. The fourth-order valence-corrected chi connectivity index (χ4v) is 8.87. The molecule has 0 aliphatic heterocycles. The number of carboxylic acid groups (broad SMARTS) is 1. The number of nitrogens with zero attached hydrogens (tertiary/aromatic N) is 1. The molecule has 0 aromatic heterocycles. The number of aliphatic carboxylic acids is 1. The number of hydrogen-bond donors (Lipinski definition) is 0. The Morgan fingerprint density at radius 1 is 0.392 bits per heavy atom. The fourth-order valence-electron chi connectivity index (χ4n) is 8.87. The van der Waals surface area contributed by atoms with Crippen molar-refractivity contribution in [1.82, 2.24) is 0 Å². The van der Waals surface area contributed by atoms with E-state index in [1.807, 2.05) is 21.1 Å². The maximum Gasteiger partial charge on any atom is 0.306 e. The summed E-state index contributed by atoms with van der Waals surface area (Å²) >= 11 is 0. The van der Waals surface area contributed by atoms with Crippen LogP contribution >= 0.6 is 0 Å². The van der Waals surface area contributed by atoms with Gasteiger partial charge in [0.05, 0.1) is 40.3 Å². The molecule has 0 aromatic rings. The van der Waals surface area contributed by atoms with Gasteiger partial charge < -0.3 is 33.3 Å². The lowest BCUT2D eigenvalue weighted by molar-refractivity contribution is -0.870. The summed E-state index contributed by atoms with van der Waals surface area (Å²) < 4.78 is 22.7. The van der Waals surface area contributed by atoms with Crippen LogP contribution < -0.4 is 5.11 Å². The number of likely N-dealkylation sites (N-methyl/N-ethyl adjacent to an activating group) is 1. The van der Waals surface area contributed by atoms with Crippen LogP contribution in [0.4, 0.5) is 0 Å². The molecule has 454 valence electrons. The summed E-state index contributed by atoms with van der Waals surface area (Å²) in [4.78, 5) is 37.4. The highest BCUT2D eigenvalue weighted by atomic mass is 16.7. The van der Waals surface area contributed by atoms with E-state index in [1.54, 1.807) is 0 Å². The summed E-state index contributed by atoms with van der Waals surface area (Å²) in [5, 5.41) is 11.8. The van der Waals surface area contributed by atoms with Crippen molar-refractivity contribution >= 4 is 17.9 Å². The zero-order valence-corrected chi connectivity index (χ0v) is 51.7.